The molecule has 0 spiro atoms. The summed E-state index contributed by atoms with van der Waals surface area (Å²) in [6, 6.07) is 10.5. The number of carbonyl (C=O) groups is 2. The van der Waals surface area contributed by atoms with Gasteiger partial charge >= 0.3 is 6.03 Å². The molecule has 2 heterocycles. The Kier molecular flexibility index (Phi) is 6.18. The third kappa shape index (κ3) is 4.68. The van der Waals surface area contributed by atoms with Gasteiger partial charge in [-0.25, -0.2) is 4.79 Å². The number of carbonyl (C=O) groups excluding carboxylic acids is 2. The van der Waals surface area contributed by atoms with Crippen molar-refractivity contribution >= 4 is 11.9 Å². The first kappa shape index (κ1) is 19.3. The SMILES string of the molecule is O=C(N[C@H](c1ccccc1)C1CC1)N1CCC(C(=O)N2CCCCCC2)CC1. The molecular weight excluding hydrogens is 350 g/mol. The molecule has 3 amide bonds. The van der Waals surface area contributed by atoms with Crippen molar-refractivity contribution in [2.24, 2.45) is 11.8 Å². The molecule has 1 aliphatic carbocycles. The molecule has 3 fully saturated rings. The van der Waals surface area contributed by atoms with Crippen molar-refractivity contribution in [3.63, 3.8) is 0 Å². The standard InChI is InChI=1S/C23H33N3O2/c27-22(25-14-6-1-2-7-15-25)20-12-16-26(17-13-20)23(28)24-21(19-10-11-19)18-8-4-3-5-9-18/h3-5,8-9,19-21H,1-2,6-7,10-17H2,(H,24,28)/t21-/m1/s1. The minimum Gasteiger partial charge on any atom is -0.342 e. The zero-order chi connectivity index (χ0) is 19.3. The summed E-state index contributed by atoms with van der Waals surface area (Å²) in [5.41, 5.74) is 1.20. The number of amides is 3. The summed E-state index contributed by atoms with van der Waals surface area (Å²) in [6.07, 6.45) is 8.71. The summed E-state index contributed by atoms with van der Waals surface area (Å²) in [5.74, 6) is 0.978. The Morgan fingerprint density at radius 3 is 2.07 bits per heavy atom. The van der Waals surface area contributed by atoms with Gasteiger partial charge in [-0.2, -0.15) is 0 Å². The molecular formula is C23H33N3O2. The average molecular weight is 384 g/mol. The van der Waals surface area contributed by atoms with Crippen molar-refractivity contribution in [1.82, 2.24) is 15.1 Å². The molecule has 4 rings (SSSR count). The number of benzene rings is 1. The molecule has 1 saturated carbocycles. The second-order valence-corrected chi connectivity index (χ2v) is 8.68. The maximum atomic E-state index is 12.9. The molecule has 1 atom stereocenters. The third-order valence-electron chi connectivity index (χ3n) is 6.58. The van der Waals surface area contributed by atoms with E-state index >= 15 is 0 Å². The number of hydrogen-bond acceptors (Lipinski definition) is 2. The number of urea groups is 1. The van der Waals surface area contributed by atoms with Gasteiger partial charge in [0.05, 0.1) is 6.04 Å². The average Bonchev–Trinajstić information content (AvgIpc) is 3.59. The van der Waals surface area contributed by atoms with Crippen LogP contribution in [0.5, 0.6) is 0 Å². The summed E-state index contributed by atoms with van der Waals surface area (Å²) < 4.78 is 0. The van der Waals surface area contributed by atoms with Gasteiger partial charge in [-0.3, -0.25) is 4.79 Å². The van der Waals surface area contributed by atoms with E-state index in [1.54, 1.807) is 0 Å². The highest BCUT2D eigenvalue weighted by Gasteiger charge is 2.35. The fourth-order valence-corrected chi connectivity index (χ4v) is 4.67. The fraction of sp³-hybridized carbons (Fsp3) is 0.652. The zero-order valence-electron chi connectivity index (χ0n) is 16.8. The van der Waals surface area contributed by atoms with Crippen molar-refractivity contribution in [3.05, 3.63) is 35.9 Å². The zero-order valence-corrected chi connectivity index (χ0v) is 16.8. The van der Waals surface area contributed by atoms with Gasteiger partial charge in [0.2, 0.25) is 5.91 Å². The highest BCUT2D eigenvalue weighted by Crippen LogP contribution is 2.41. The van der Waals surface area contributed by atoms with Crippen molar-refractivity contribution < 1.29 is 9.59 Å². The molecule has 0 aromatic heterocycles. The van der Waals surface area contributed by atoms with Gasteiger partial charge in [0.1, 0.15) is 0 Å². The number of piperidine rings is 1. The molecule has 3 aliphatic rings. The van der Waals surface area contributed by atoms with E-state index in [0.717, 1.165) is 38.8 Å². The van der Waals surface area contributed by atoms with Crippen molar-refractivity contribution in [2.45, 2.75) is 57.4 Å². The normalized spacial score (nSPS) is 22.4. The Balaban J connectivity index is 1.29. The Morgan fingerprint density at radius 1 is 0.821 bits per heavy atom. The lowest BCUT2D eigenvalue weighted by molar-refractivity contribution is -0.136. The number of rotatable bonds is 4. The monoisotopic (exact) mass is 383 g/mol. The molecule has 152 valence electrons. The van der Waals surface area contributed by atoms with Crippen LogP contribution in [0.25, 0.3) is 0 Å². The molecule has 5 nitrogen and oxygen atoms in total. The number of nitrogens with one attached hydrogen (secondary N) is 1. The van der Waals surface area contributed by atoms with Gasteiger partial charge in [-0.15, -0.1) is 0 Å². The van der Waals surface area contributed by atoms with Gasteiger partial charge in [0.15, 0.2) is 0 Å². The first-order valence-corrected chi connectivity index (χ1v) is 11.1. The highest BCUT2D eigenvalue weighted by atomic mass is 16.2. The van der Waals surface area contributed by atoms with Crippen LogP contribution in [0.4, 0.5) is 4.79 Å². The Morgan fingerprint density at radius 2 is 1.46 bits per heavy atom. The molecule has 5 heteroatoms. The van der Waals surface area contributed by atoms with Crippen molar-refractivity contribution in [3.8, 4) is 0 Å². The maximum Gasteiger partial charge on any atom is 0.317 e. The molecule has 28 heavy (non-hydrogen) atoms. The van der Waals surface area contributed by atoms with Crippen LogP contribution in [0.15, 0.2) is 30.3 Å². The number of nitrogens with zero attached hydrogens (tertiary/aromatic N) is 2. The summed E-state index contributed by atoms with van der Waals surface area (Å²) in [6.45, 7) is 3.20. The van der Waals surface area contributed by atoms with E-state index in [-0.39, 0.29) is 18.0 Å². The van der Waals surface area contributed by atoms with Crippen LogP contribution in [0.1, 0.15) is 63.0 Å². The summed E-state index contributed by atoms with van der Waals surface area (Å²) >= 11 is 0. The van der Waals surface area contributed by atoms with Crippen LogP contribution in [-0.4, -0.2) is 47.9 Å². The molecule has 0 bridgehead atoms. The van der Waals surface area contributed by atoms with Crippen molar-refractivity contribution in [1.29, 1.82) is 0 Å². The molecule has 2 saturated heterocycles. The maximum absolute atomic E-state index is 12.9. The van der Waals surface area contributed by atoms with Crippen LogP contribution in [0, 0.1) is 11.8 Å². The predicted octanol–water partition coefficient (Wildman–Crippen LogP) is 3.96. The van der Waals surface area contributed by atoms with E-state index in [4.69, 9.17) is 0 Å². The second kappa shape index (κ2) is 8.97. The van der Waals surface area contributed by atoms with Crippen molar-refractivity contribution in [2.75, 3.05) is 26.2 Å². The lowest BCUT2D eigenvalue weighted by atomic mass is 9.95. The van der Waals surface area contributed by atoms with Crippen LogP contribution >= 0.6 is 0 Å². The van der Waals surface area contributed by atoms with E-state index in [1.807, 2.05) is 23.1 Å². The molecule has 1 aromatic carbocycles. The van der Waals surface area contributed by atoms with Crippen LogP contribution in [-0.2, 0) is 4.79 Å². The fourth-order valence-electron chi connectivity index (χ4n) is 4.67. The van der Waals surface area contributed by atoms with Gasteiger partial charge in [0.25, 0.3) is 0 Å². The lowest BCUT2D eigenvalue weighted by Gasteiger charge is -2.35. The largest absolute Gasteiger partial charge is 0.342 e. The quantitative estimate of drug-likeness (QED) is 0.856. The molecule has 2 aliphatic heterocycles. The highest BCUT2D eigenvalue weighted by molar-refractivity contribution is 5.80. The van der Waals surface area contributed by atoms with Crippen LogP contribution in [0.3, 0.4) is 0 Å². The van der Waals surface area contributed by atoms with E-state index in [1.165, 1.54) is 31.2 Å². The van der Waals surface area contributed by atoms with Gasteiger partial charge in [-0.05, 0) is 50.0 Å². The van der Waals surface area contributed by atoms with Gasteiger partial charge < -0.3 is 15.1 Å². The van der Waals surface area contributed by atoms with E-state index in [2.05, 4.69) is 22.3 Å². The summed E-state index contributed by atoms with van der Waals surface area (Å²) in [4.78, 5) is 29.7. The molecule has 0 radical (unpaired) electrons. The minimum atomic E-state index is 0.0291. The molecule has 1 N–H and O–H groups in total. The van der Waals surface area contributed by atoms with Crippen LogP contribution < -0.4 is 5.32 Å². The molecule has 0 unspecified atom stereocenters. The van der Waals surface area contributed by atoms with Crippen LogP contribution in [0.2, 0.25) is 0 Å². The minimum absolute atomic E-state index is 0.0291. The Bertz CT molecular complexity index is 658. The Labute approximate surface area is 168 Å². The Hall–Kier alpha value is -2.04. The predicted molar refractivity (Wildman–Crippen MR) is 110 cm³/mol. The van der Waals surface area contributed by atoms with Gasteiger partial charge in [0, 0.05) is 32.1 Å². The number of likely N-dealkylation sites (tertiary alicyclic amines) is 2. The smallest absolute Gasteiger partial charge is 0.317 e. The molecule has 1 aromatic rings. The third-order valence-corrected chi connectivity index (χ3v) is 6.58. The van der Waals surface area contributed by atoms with E-state index in [0.29, 0.717) is 24.9 Å². The summed E-state index contributed by atoms with van der Waals surface area (Å²) in [5, 5.41) is 3.27. The number of hydrogen-bond donors (Lipinski definition) is 1. The second-order valence-electron chi connectivity index (χ2n) is 8.68. The van der Waals surface area contributed by atoms with Gasteiger partial charge in [-0.1, -0.05) is 43.2 Å². The first-order valence-electron chi connectivity index (χ1n) is 11.1. The van der Waals surface area contributed by atoms with E-state index in [9.17, 15) is 9.59 Å². The van der Waals surface area contributed by atoms with E-state index < -0.39 is 0 Å². The lowest BCUT2D eigenvalue weighted by Crippen LogP contribution is -2.48. The first-order chi connectivity index (χ1) is 13.7. The summed E-state index contributed by atoms with van der Waals surface area (Å²) in [7, 11) is 0. The topological polar surface area (TPSA) is 52.7 Å².